The Labute approximate surface area is 195 Å². The average molecular weight is 433 g/mol. The van der Waals surface area contributed by atoms with Gasteiger partial charge in [0.05, 0.1) is 17.2 Å². The molecule has 0 bridgehead atoms. The molecule has 4 heteroatoms. The molecule has 2 aromatic heterocycles. The molecule has 0 unspecified atom stereocenters. The van der Waals surface area contributed by atoms with Crippen molar-refractivity contribution in [1.82, 2.24) is 0 Å². The van der Waals surface area contributed by atoms with Crippen LogP contribution in [0, 0.1) is 18.3 Å². The van der Waals surface area contributed by atoms with E-state index in [0.717, 1.165) is 38.9 Å². The van der Waals surface area contributed by atoms with Gasteiger partial charge in [-0.15, -0.1) is 0 Å². The Morgan fingerprint density at radius 1 is 1.00 bits per heavy atom. The van der Waals surface area contributed by atoms with Crippen LogP contribution in [0.4, 0.5) is 5.69 Å². The van der Waals surface area contributed by atoms with E-state index in [0.29, 0.717) is 27.8 Å². The van der Waals surface area contributed by atoms with Crippen molar-refractivity contribution in [3.63, 3.8) is 0 Å². The number of benzene rings is 3. The van der Waals surface area contributed by atoms with E-state index in [-0.39, 0.29) is 6.54 Å². The van der Waals surface area contributed by atoms with E-state index in [1.165, 1.54) is 0 Å². The number of likely N-dealkylation sites (N-methyl/N-ethyl adjacent to an activating group) is 1. The summed E-state index contributed by atoms with van der Waals surface area (Å²) in [6.45, 7) is 2.34. The first kappa shape index (κ1) is 17.5. The van der Waals surface area contributed by atoms with Gasteiger partial charge in [-0.05, 0) is 54.3 Å². The molecule has 0 spiro atoms. The largest absolute Gasteiger partial charge is 0.454 e. The molecule has 1 aliphatic heterocycles. The molecule has 0 aliphatic carbocycles. The molecule has 1 aliphatic rings. The van der Waals surface area contributed by atoms with E-state index in [1.807, 2.05) is 67.7 Å². The second kappa shape index (κ2) is 7.21. The van der Waals surface area contributed by atoms with Crippen LogP contribution in [0.2, 0.25) is 0 Å². The van der Waals surface area contributed by atoms with Gasteiger partial charge in [0, 0.05) is 50.5 Å². The Morgan fingerprint density at radius 3 is 2.58 bits per heavy atom. The van der Waals surface area contributed by atoms with Gasteiger partial charge in [-0.1, -0.05) is 24.3 Å². The monoisotopic (exact) mass is 432 g/mol. The van der Waals surface area contributed by atoms with Crippen molar-refractivity contribution in [2.45, 2.75) is 13.3 Å². The second-order valence-corrected chi connectivity index (χ2v) is 8.64. The third kappa shape index (κ3) is 2.79. The molecule has 33 heavy (non-hydrogen) atoms. The number of aryl methyl sites for hydroxylation is 2. The van der Waals surface area contributed by atoms with Gasteiger partial charge in [0.15, 0.2) is 6.20 Å². The first-order valence-corrected chi connectivity index (χ1v) is 11.0. The normalized spacial score (nSPS) is 15.4. The van der Waals surface area contributed by atoms with Crippen LogP contribution < -0.4 is 9.47 Å². The van der Waals surface area contributed by atoms with Crippen LogP contribution in [0.3, 0.4) is 0 Å². The summed E-state index contributed by atoms with van der Waals surface area (Å²) >= 11 is 0. The Bertz CT molecular complexity index is 1710. The fourth-order valence-electron chi connectivity index (χ4n) is 5.00. The topological polar surface area (TPSA) is 44.1 Å². The van der Waals surface area contributed by atoms with E-state index in [4.69, 9.17) is 7.16 Å². The lowest BCUT2D eigenvalue weighted by Crippen LogP contribution is -2.30. The molecule has 5 aromatic rings. The fraction of sp³-hybridized carbons (Fsp3) is 0.172. The highest BCUT2D eigenvalue weighted by Gasteiger charge is 2.26. The van der Waals surface area contributed by atoms with Gasteiger partial charge in [-0.25, -0.2) is 4.57 Å². The average Bonchev–Trinajstić information content (AvgIpc) is 3.32. The summed E-state index contributed by atoms with van der Waals surface area (Å²) in [5.41, 5.74) is 7.82. The SMILES string of the molecule is [2H]C1([2H])CN(C)c2cccc(-c3c(C#N)ccc4c3oc3c(-c5cccc[n+]5C)c(C)ccc34)c21. The highest BCUT2D eigenvalue weighted by atomic mass is 16.3. The summed E-state index contributed by atoms with van der Waals surface area (Å²) in [7, 11) is 3.91. The van der Waals surface area contributed by atoms with Crippen LogP contribution in [0.5, 0.6) is 0 Å². The Balaban J connectivity index is 1.75. The summed E-state index contributed by atoms with van der Waals surface area (Å²) in [6, 6.07) is 22.1. The highest BCUT2D eigenvalue weighted by molar-refractivity contribution is 6.14. The number of rotatable bonds is 2. The van der Waals surface area contributed by atoms with Gasteiger partial charge in [0.25, 0.3) is 0 Å². The van der Waals surface area contributed by atoms with Crippen molar-refractivity contribution in [3.8, 4) is 28.5 Å². The zero-order chi connectivity index (χ0) is 24.5. The molecule has 0 saturated carbocycles. The molecule has 4 nitrogen and oxygen atoms in total. The van der Waals surface area contributed by atoms with Crippen molar-refractivity contribution in [2.24, 2.45) is 7.05 Å². The standard InChI is InChI=1S/C29H24N3O/c1-18-10-12-22-23-13-11-19(17-30)27(21-7-6-9-24-20(21)14-16-32(24)3)29(23)33-28(22)26(18)25-8-4-5-15-31(25)2/h4-13,15H,14,16H2,1-3H3/q+1/i14D2. The molecule has 160 valence electrons. The summed E-state index contributed by atoms with van der Waals surface area (Å²) in [4.78, 5) is 1.93. The summed E-state index contributed by atoms with van der Waals surface area (Å²) < 4.78 is 26.2. The molecule has 0 fully saturated rings. The van der Waals surface area contributed by atoms with Crippen LogP contribution in [-0.4, -0.2) is 13.6 Å². The van der Waals surface area contributed by atoms with Crippen LogP contribution in [0.15, 0.2) is 71.3 Å². The Morgan fingerprint density at radius 2 is 1.79 bits per heavy atom. The highest BCUT2D eigenvalue weighted by Crippen LogP contribution is 2.44. The molecule has 0 amide bonds. The van der Waals surface area contributed by atoms with E-state index in [2.05, 4.69) is 35.8 Å². The molecule has 0 atom stereocenters. The fourth-order valence-corrected chi connectivity index (χ4v) is 5.00. The van der Waals surface area contributed by atoms with E-state index in [9.17, 15) is 5.26 Å². The lowest BCUT2D eigenvalue weighted by molar-refractivity contribution is -0.660. The van der Waals surface area contributed by atoms with Gasteiger partial charge in [-0.3, -0.25) is 0 Å². The molecule has 0 saturated heterocycles. The third-order valence-corrected chi connectivity index (χ3v) is 6.67. The van der Waals surface area contributed by atoms with Gasteiger partial charge >= 0.3 is 0 Å². The van der Waals surface area contributed by atoms with Crippen molar-refractivity contribution >= 4 is 27.6 Å². The number of aromatic nitrogens is 1. The van der Waals surface area contributed by atoms with Gasteiger partial charge in [0.1, 0.15) is 18.2 Å². The van der Waals surface area contributed by atoms with Crippen LogP contribution in [0.25, 0.3) is 44.3 Å². The van der Waals surface area contributed by atoms with Crippen molar-refractivity contribution in [1.29, 1.82) is 5.26 Å². The summed E-state index contributed by atoms with van der Waals surface area (Å²) in [5, 5.41) is 11.9. The summed E-state index contributed by atoms with van der Waals surface area (Å²) in [6.07, 6.45) is 0.475. The van der Waals surface area contributed by atoms with Gasteiger partial charge in [-0.2, -0.15) is 5.26 Å². The van der Waals surface area contributed by atoms with E-state index in [1.54, 1.807) is 0 Å². The molecule has 3 heterocycles. The van der Waals surface area contributed by atoms with Crippen LogP contribution in [-0.2, 0) is 13.4 Å². The lowest BCUT2D eigenvalue weighted by atomic mass is 9.92. The van der Waals surface area contributed by atoms with Crippen LogP contribution in [0.1, 0.15) is 19.4 Å². The number of anilines is 1. The van der Waals surface area contributed by atoms with Crippen molar-refractivity contribution in [3.05, 3.63) is 83.6 Å². The van der Waals surface area contributed by atoms with E-state index >= 15 is 0 Å². The quantitative estimate of drug-likeness (QED) is 0.325. The number of furan rings is 1. The minimum atomic E-state index is -1.54. The first-order chi connectivity index (χ1) is 16.8. The first-order valence-electron chi connectivity index (χ1n) is 12.0. The number of nitrogens with zero attached hydrogens (tertiary/aromatic N) is 3. The van der Waals surface area contributed by atoms with E-state index < -0.39 is 6.37 Å². The molecule has 3 aromatic carbocycles. The van der Waals surface area contributed by atoms with Gasteiger partial charge in [0.2, 0.25) is 5.69 Å². The van der Waals surface area contributed by atoms with Crippen molar-refractivity contribution in [2.75, 3.05) is 18.5 Å². The second-order valence-electron chi connectivity index (χ2n) is 8.64. The zero-order valence-electron chi connectivity index (χ0n) is 20.8. The van der Waals surface area contributed by atoms with Gasteiger partial charge < -0.3 is 9.32 Å². The number of hydrogen-bond acceptors (Lipinski definition) is 3. The van der Waals surface area contributed by atoms with Crippen LogP contribution >= 0.6 is 0 Å². The molecular weight excluding hydrogens is 406 g/mol. The third-order valence-electron chi connectivity index (χ3n) is 6.67. The minimum Gasteiger partial charge on any atom is -0.454 e. The Hall–Kier alpha value is -4.10. The molecule has 6 rings (SSSR count). The Kier molecular flexibility index (Phi) is 3.82. The predicted molar refractivity (Wildman–Crippen MR) is 132 cm³/mol. The molecular formula is C29H24N3O+. The minimum absolute atomic E-state index is 0.269. The number of fused-ring (bicyclic) bond motifs is 4. The summed E-state index contributed by atoms with van der Waals surface area (Å²) in [5.74, 6) is 0. The predicted octanol–water partition coefficient (Wildman–Crippen LogP) is 5.92. The maximum atomic E-state index is 10.1. The molecule has 0 N–H and O–H groups in total. The smallest absolute Gasteiger partial charge is 0.216 e. The lowest BCUT2D eigenvalue weighted by Gasteiger charge is -2.14. The maximum absolute atomic E-state index is 10.1. The molecule has 0 radical (unpaired) electrons. The number of hydrogen-bond donors (Lipinski definition) is 0. The zero-order valence-corrected chi connectivity index (χ0v) is 18.8. The number of pyridine rings is 1. The number of nitriles is 1. The maximum Gasteiger partial charge on any atom is 0.216 e. The van der Waals surface area contributed by atoms with Crippen molar-refractivity contribution < 1.29 is 11.7 Å².